The quantitative estimate of drug-likeness (QED) is 0.640. The van der Waals surface area contributed by atoms with Gasteiger partial charge in [-0.1, -0.05) is 11.3 Å². The molecule has 0 saturated heterocycles. The highest BCUT2D eigenvalue weighted by molar-refractivity contribution is 7.15. The molecule has 1 rings (SSSR count). The smallest absolute Gasteiger partial charge is 0.388 e. The fourth-order valence-electron chi connectivity index (χ4n) is 1.26. The number of anilines is 1. The van der Waals surface area contributed by atoms with Crippen molar-refractivity contribution >= 4 is 22.3 Å². The van der Waals surface area contributed by atoms with Crippen LogP contribution in [-0.2, 0) is 6.18 Å². The van der Waals surface area contributed by atoms with E-state index in [2.05, 4.69) is 10.2 Å². The summed E-state index contributed by atoms with van der Waals surface area (Å²) in [7, 11) is 0. The number of rotatable bonds is 5. The summed E-state index contributed by atoms with van der Waals surface area (Å²) < 4.78 is 37.2. The SMILES string of the molecule is CC(C)N(CCC(=N)N)c1nnc(C(F)(F)F)s1. The number of nitrogens with one attached hydrogen (secondary N) is 1. The van der Waals surface area contributed by atoms with Crippen molar-refractivity contribution in [2.75, 3.05) is 11.4 Å². The molecule has 0 fully saturated rings. The van der Waals surface area contributed by atoms with E-state index >= 15 is 0 Å². The largest absolute Gasteiger partial charge is 0.445 e. The van der Waals surface area contributed by atoms with E-state index in [0.29, 0.717) is 17.9 Å². The summed E-state index contributed by atoms with van der Waals surface area (Å²) in [5.74, 6) is -0.0128. The van der Waals surface area contributed by atoms with E-state index in [1.54, 1.807) is 4.90 Å². The maximum Gasteiger partial charge on any atom is 0.445 e. The first-order chi connectivity index (χ1) is 8.21. The fraction of sp³-hybridized carbons (Fsp3) is 0.667. The molecule has 1 heterocycles. The van der Waals surface area contributed by atoms with Gasteiger partial charge in [-0.15, -0.1) is 10.2 Å². The van der Waals surface area contributed by atoms with Crippen molar-refractivity contribution in [2.45, 2.75) is 32.5 Å². The van der Waals surface area contributed by atoms with Crippen LogP contribution in [0.15, 0.2) is 0 Å². The lowest BCUT2D eigenvalue weighted by molar-refractivity contribution is -0.138. The molecule has 0 aliphatic rings. The molecule has 102 valence electrons. The Hall–Kier alpha value is -1.38. The topological polar surface area (TPSA) is 78.9 Å². The molecule has 0 radical (unpaired) electrons. The number of nitrogens with zero attached hydrogens (tertiary/aromatic N) is 3. The molecule has 18 heavy (non-hydrogen) atoms. The van der Waals surface area contributed by atoms with Gasteiger partial charge in [0.15, 0.2) is 0 Å². The van der Waals surface area contributed by atoms with E-state index in [-0.39, 0.29) is 23.4 Å². The van der Waals surface area contributed by atoms with Gasteiger partial charge in [-0.25, -0.2) is 0 Å². The first-order valence-electron chi connectivity index (χ1n) is 5.22. The van der Waals surface area contributed by atoms with Crippen LogP contribution in [0.1, 0.15) is 25.3 Å². The molecule has 0 saturated carbocycles. The van der Waals surface area contributed by atoms with Crippen LogP contribution in [0.2, 0.25) is 0 Å². The number of amidine groups is 1. The summed E-state index contributed by atoms with van der Waals surface area (Å²) in [5.41, 5.74) is 5.24. The summed E-state index contributed by atoms with van der Waals surface area (Å²) in [4.78, 5) is 1.65. The minimum Gasteiger partial charge on any atom is -0.388 e. The second-order valence-electron chi connectivity index (χ2n) is 3.95. The third-order valence-corrected chi connectivity index (χ3v) is 3.15. The summed E-state index contributed by atoms with van der Waals surface area (Å²) >= 11 is 0.495. The molecule has 1 aromatic heterocycles. The highest BCUT2D eigenvalue weighted by Crippen LogP contribution is 2.34. The first-order valence-corrected chi connectivity index (χ1v) is 6.03. The van der Waals surface area contributed by atoms with Gasteiger partial charge in [-0.2, -0.15) is 13.2 Å². The van der Waals surface area contributed by atoms with Gasteiger partial charge in [0.05, 0.1) is 5.84 Å². The molecule has 0 aliphatic heterocycles. The lowest BCUT2D eigenvalue weighted by atomic mass is 10.3. The van der Waals surface area contributed by atoms with E-state index < -0.39 is 11.2 Å². The molecule has 9 heteroatoms. The Morgan fingerprint density at radius 1 is 1.44 bits per heavy atom. The Bertz CT molecular complexity index is 415. The van der Waals surface area contributed by atoms with Gasteiger partial charge < -0.3 is 10.6 Å². The van der Waals surface area contributed by atoms with Crippen molar-refractivity contribution < 1.29 is 13.2 Å². The molecular formula is C9H14F3N5S. The van der Waals surface area contributed by atoms with Crippen LogP contribution >= 0.6 is 11.3 Å². The second-order valence-corrected chi connectivity index (χ2v) is 4.91. The highest BCUT2D eigenvalue weighted by atomic mass is 32.1. The number of hydrogen-bond donors (Lipinski definition) is 2. The van der Waals surface area contributed by atoms with E-state index in [1.807, 2.05) is 13.8 Å². The fourth-order valence-corrected chi connectivity index (χ4v) is 2.13. The van der Waals surface area contributed by atoms with Gasteiger partial charge in [-0.05, 0) is 13.8 Å². The molecule has 3 N–H and O–H groups in total. The van der Waals surface area contributed by atoms with Gasteiger partial charge in [0, 0.05) is 19.0 Å². The molecule has 0 spiro atoms. The van der Waals surface area contributed by atoms with Crippen molar-refractivity contribution in [3.8, 4) is 0 Å². The van der Waals surface area contributed by atoms with Gasteiger partial charge in [-0.3, -0.25) is 5.41 Å². The summed E-state index contributed by atoms with van der Waals surface area (Å²) in [6, 6.07) is -0.0432. The average Bonchev–Trinajstić information content (AvgIpc) is 2.65. The molecule has 0 aromatic carbocycles. The predicted octanol–water partition coefficient (Wildman–Crippen LogP) is 2.10. The van der Waals surface area contributed by atoms with Gasteiger partial charge in [0.2, 0.25) is 10.1 Å². The molecule has 1 aromatic rings. The van der Waals surface area contributed by atoms with Crippen molar-refractivity contribution in [1.82, 2.24) is 10.2 Å². The number of alkyl halides is 3. The Kier molecular flexibility index (Phi) is 4.49. The van der Waals surface area contributed by atoms with Crippen LogP contribution < -0.4 is 10.6 Å². The maximum absolute atomic E-state index is 12.4. The number of hydrogen-bond acceptors (Lipinski definition) is 5. The summed E-state index contributed by atoms with van der Waals surface area (Å²) in [5, 5.41) is 13.0. The normalized spacial score (nSPS) is 11.9. The lowest BCUT2D eigenvalue weighted by Crippen LogP contribution is -2.33. The molecule has 0 bridgehead atoms. The van der Waals surface area contributed by atoms with Crippen molar-refractivity contribution in [2.24, 2.45) is 5.73 Å². The highest BCUT2D eigenvalue weighted by Gasteiger charge is 2.36. The maximum atomic E-state index is 12.4. The van der Waals surface area contributed by atoms with Crippen LogP contribution in [0.3, 0.4) is 0 Å². The van der Waals surface area contributed by atoms with E-state index in [1.165, 1.54) is 0 Å². The third kappa shape index (κ3) is 3.83. The molecule has 5 nitrogen and oxygen atoms in total. The van der Waals surface area contributed by atoms with Crippen LogP contribution in [0, 0.1) is 5.41 Å². The monoisotopic (exact) mass is 281 g/mol. The van der Waals surface area contributed by atoms with Gasteiger partial charge >= 0.3 is 6.18 Å². The summed E-state index contributed by atoms with van der Waals surface area (Å²) in [6.07, 6.45) is -4.20. The zero-order valence-corrected chi connectivity index (χ0v) is 10.8. The molecule has 0 unspecified atom stereocenters. The first kappa shape index (κ1) is 14.7. The van der Waals surface area contributed by atoms with Crippen molar-refractivity contribution in [3.63, 3.8) is 0 Å². The number of aromatic nitrogens is 2. The minimum absolute atomic E-state index is 0.0128. The number of nitrogens with two attached hydrogens (primary N) is 1. The molecule has 0 amide bonds. The van der Waals surface area contributed by atoms with Crippen LogP contribution in [0.4, 0.5) is 18.3 Å². The van der Waals surface area contributed by atoms with E-state index in [9.17, 15) is 13.2 Å². The average molecular weight is 281 g/mol. The van der Waals surface area contributed by atoms with Crippen LogP contribution in [-0.4, -0.2) is 28.6 Å². The Labute approximate surface area is 106 Å². The molecule has 0 aliphatic carbocycles. The van der Waals surface area contributed by atoms with Crippen LogP contribution in [0.25, 0.3) is 0 Å². The third-order valence-electron chi connectivity index (χ3n) is 2.15. The van der Waals surface area contributed by atoms with Gasteiger partial charge in [0.25, 0.3) is 0 Å². The van der Waals surface area contributed by atoms with E-state index in [4.69, 9.17) is 11.1 Å². The van der Waals surface area contributed by atoms with E-state index in [0.717, 1.165) is 0 Å². The van der Waals surface area contributed by atoms with Crippen LogP contribution in [0.5, 0.6) is 0 Å². The summed E-state index contributed by atoms with van der Waals surface area (Å²) in [6.45, 7) is 4.00. The second kappa shape index (κ2) is 5.51. The number of halogens is 3. The van der Waals surface area contributed by atoms with Crippen molar-refractivity contribution in [3.05, 3.63) is 5.01 Å². The molecule has 0 atom stereocenters. The Balaban J connectivity index is 2.86. The zero-order chi connectivity index (χ0) is 13.9. The standard InChI is InChI=1S/C9H14F3N5S/c1-5(2)17(4-3-6(13)14)8-16-15-7(18-8)9(10,11)12/h5H,3-4H2,1-2H3,(H3,13,14). The Morgan fingerprint density at radius 3 is 2.44 bits per heavy atom. The zero-order valence-electron chi connectivity index (χ0n) is 9.95. The predicted molar refractivity (Wildman–Crippen MR) is 63.9 cm³/mol. The van der Waals surface area contributed by atoms with Crippen molar-refractivity contribution in [1.29, 1.82) is 5.41 Å². The minimum atomic E-state index is -4.47. The molecular weight excluding hydrogens is 267 g/mol. The van der Waals surface area contributed by atoms with Gasteiger partial charge in [0.1, 0.15) is 0 Å². The Morgan fingerprint density at radius 2 is 2.06 bits per heavy atom. The lowest BCUT2D eigenvalue weighted by Gasteiger charge is -2.25.